The Morgan fingerprint density at radius 3 is 2.56 bits per heavy atom. The molecule has 0 saturated carbocycles. The maximum atomic E-state index is 12.8. The Balaban J connectivity index is 1.70. The average Bonchev–Trinajstić information content (AvgIpc) is 3.00. The summed E-state index contributed by atoms with van der Waals surface area (Å²) in [4.78, 5) is 26.5. The van der Waals surface area contributed by atoms with Crippen LogP contribution in [-0.2, 0) is 4.79 Å². The maximum Gasteiger partial charge on any atom is 0.223 e. The van der Waals surface area contributed by atoms with Crippen molar-refractivity contribution in [3.8, 4) is 0 Å². The zero-order valence-electron chi connectivity index (χ0n) is 16.8. The van der Waals surface area contributed by atoms with Crippen LogP contribution in [0.3, 0.4) is 0 Å². The Morgan fingerprint density at radius 2 is 1.96 bits per heavy atom. The number of carbonyl (C=O) groups excluding carboxylic acids is 1. The third-order valence-electron chi connectivity index (χ3n) is 6.24. The molecule has 0 aliphatic carbocycles. The van der Waals surface area contributed by atoms with Crippen LogP contribution in [0.4, 0.5) is 5.82 Å². The molecule has 0 radical (unpaired) electrons. The summed E-state index contributed by atoms with van der Waals surface area (Å²) >= 11 is 1.72. The van der Waals surface area contributed by atoms with Gasteiger partial charge >= 0.3 is 0 Å². The van der Waals surface area contributed by atoms with E-state index < -0.39 is 0 Å². The lowest BCUT2D eigenvalue weighted by atomic mass is 9.89. The quantitative estimate of drug-likeness (QED) is 0.793. The minimum absolute atomic E-state index is 0.0490. The molecular formula is C20H31N5OS. The first-order valence-corrected chi connectivity index (χ1v) is 10.7. The number of fused-ring (bicyclic) bond motifs is 1. The summed E-state index contributed by atoms with van der Waals surface area (Å²) in [5.41, 5.74) is 6.94. The minimum atomic E-state index is -0.266. The molecule has 0 bridgehead atoms. The van der Waals surface area contributed by atoms with Gasteiger partial charge in [-0.3, -0.25) is 4.79 Å². The molecule has 3 rings (SSSR count). The van der Waals surface area contributed by atoms with Crippen LogP contribution in [-0.4, -0.2) is 41.0 Å². The predicted molar refractivity (Wildman–Crippen MR) is 112 cm³/mol. The number of nitrogens with one attached hydrogen (secondary N) is 1. The van der Waals surface area contributed by atoms with Gasteiger partial charge in [-0.2, -0.15) is 0 Å². The van der Waals surface area contributed by atoms with Gasteiger partial charge in [-0.15, -0.1) is 11.3 Å². The van der Waals surface area contributed by atoms with Gasteiger partial charge in [0.05, 0.1) is 10.9 Å². The van der Waals surface area contributed by atoms with Crippen molar-refractivity contribution in [2.24, 2.45) is 11.7 Å². The number of piperidine rings is 1. The van der Waals surface area contributed by atoms with Crippen LogP contribution in [0.5, 0.6) is 0 Å². The number of hydrogen-bond donors (Lipinski definition) is 2. The number of nitrogens with zero attached hydrogens (tertiary/aromatic N) is 3. The Kier molecular flexibility index (Phi) is 6.01. The first-order chi connectivity index (χ1) is 12.9. The summed E-state index contributed by atoms with van der Waals surface area (Å²) in [5, 5.41) is 4.41. The highest BCUT2D eigenvalue weighted by atomic mass is 32.1. The molecular weight excluding hydrogens is 358 g/mol. The fraction of sp³-hybridized carbons (Fsp3) is 0.650. The number of anilines is 1. The van der Waals surface area contributed by atoms with Gasteiger partial charge in [0, 0.05) is 30.4 Å². The van der Waals surface area contributed by atoms with Gasteiger partial charge < -0.3 is 16.0 Å². The molecule has 0 spiro atoms. The van der Waals surface area contributed by atoms with Crippen molar-refractivity contribution in [3.05, 3.63) is 16.8 Å². The van der Waals surface area contributed by atoms with Crippen LogP contribution in [0.2, 0.25) is 0 Å². The lowest BCUT2D eigenvalue weighted by Gasteiger charge is -2.36. The molecule has 2 aromatic heterocycles. The molecule has 3 heterocycles. The zero-order valence-corrected chi connectivity index (χ0v) is 17.7. The lowest BCUT2D eigenvalue weighted by Crippen LogP contribution is -2.55. The van der Waals surface area contributed by atoms with E-state index in [0.29, 0.717) is 6.54 Å². The molecule has 1 saturated heterocycles. The van der Waals surface area contributed by atoms with Gasteiger partial charge in [-0.05, 0) is 45.1 Å². The normalized spacial score (nSPS) is 16.1. The number of rotatable bonds is 6. The van der Waals surface area contributed by atoms with E-state index in [1.54, 1.807) is 17.7 Å². The molecule has 6 nitrogen and oxygen atoms in total. The van der Waals surface area contributed by atoms with Crippen molar-refractivity contribution in [2.75, 3.05) is 24.5 Å². The average molecular weight is 390 g/mol. The van der Waals surface area contributed by atoms with Gasteiger partial charge in [-0.1, -0.05) is 13.8 Å². The van der Waals surface area contributed by atoms with Crippen molar-refractivity contribution in [3.63, 3.8) is 0 Å². The largest absolute Gasteiger partial charge is 0.356 e. The Morgan fingerprint density at radius 1 is 1.30 bits per heavy atom. The maximum absolute atomic E-state index is 12.8. The molecule has 1 fully saturated rings. The van der Waals surface area contributed by atoms with Crippen LogP contribution in [0, 0.1) is 19.8 Å². The monoisotopic (exact) mass is 389 g/mol. The standard InChI is InChI=1S/C20H31N5OS/c1-5-20(6-2,11-21)24-18(26)15-7-9-25(10-8-15)17-16-13(3)14(4)27-19(16)23-12-22-17/h12,15H,5-11,21H2,1-4H3,(H,24,26). The highest BCUT2D eigenvalue weighted by Crippen LogP contribution is 2.35. The van der Waals surface area contributed by atoms with Gasteiger partial charge in [0.1, 0.15) is 17.0 Å². The molecule has 1 aliphatic rings. The second kappa shape index (κ2) is 8.10. The lowest BCUT2D eigenvalue weighted by molar-refractivity contribution is -0.127. The van der Waals surface area contributed by atoms with Gasteiger partial charge in [0.2, 0.25) is 5.91 Å². The fourth-order valence-corrected chi connectivity index (χ4v) is 4.88. The third kappa shape index (κ3) is 3.80. The number of nitrogens with two attached hydrogens (primary N) is 1. The van der Waals surface area contributed by atoms with Gasteiger partial charge in [0.25, 0.3) is 0 Å². The number of thiophene rings is 1. The molecule has 2 aromatic rings. The highest BCUT2D eigenvalue weighted by Gasteiger charge is 2.32. The van der Waals surface area contributed by atoms with E-state index in [-0.39, 0.29) is 17.4 Å². The Bertz CT molecular complexity index is 798. The number of amides is 1. The third-order valence-corrected chi connectivity index (χ3v) is 7.36. The number of hydrogen-bond acceptors (Lipinski definition) is 6. The van der Waals surface area contributed by atoms with Crippen molar-refractivity contribution >= 4 is 33.3 Å². The van der Waals surface area contributed by atoms with E-state index in [9.17, 15) is 4.79 Å². The van der Waals surface area contributed by atoms with E-state index in [1.165, 1.54) is 15.8 Å². The second-order valence-corrected chi connectivity index (χ2v) is 8.81. The van der Waals surface area contributed by atoms with Crippen LogP contribution in [0.15, 0.2) is 6.33 Å². The summed E-state index contributed by atoms with van der Waals surface area (Å²) in [5.74, 6) is 1.21. The smallest absolute Gasteiger partial charge is 0.223 e. The summed E-state index contributed by atoms with van der Waals surface area (Å²) in [7, 11) is 0. The molecule has 1 amide bonds. The molecule has 27 heavy (non-hydrogen) atoms. The van der Waals surface area contributed by atoms with E-state index in [0.717, 1.165) is 49.4 Å². The minimum Gasteiger partial charge on any atom is -0.356 e. The molecule has 148 valence electrons. The molecule has 3 N–H and O–H groups in total. The van der Waals surface area contributed by atoms with Crippen molar-refractivity contribution in [1.29, 1.82) is 0 Å². The first kappa shape index (κ1) is 20.0. The highest BCUT2D eigenvalue weighted by molar-refractivity contribution is 7.18. The fourth-order valence-electron chi connectivity index (χ4n) is 3.89. The first-order valence-electron chi connectivity index (χ1n) is 9.92. The molecule has 0 unspecified atom stereocenters. The molecule has 7 heteroatoms. The second-order valence-electron chi connectivity index (χ2n) is 7.60. The molecule has 1 aliphatic heterocycles. The van der Waals surface area contributed by atoms with Crippen molar-refractivity contribution in [1.82, 2.24) is 15.3 Å². The SMILES string of the molecule is CCC(CC)(CN)NC(=O)C1CCN(c2ncnc3sc(C)c(C)c23)CC1. The number of aryl methyl sites for hydroxylation is 2. The van der Waals surface area contributed by atoms with Crippen molar-refractivity contribution in [2.45, 2.75) is 58.9 Å². The van der Waals surface area contributed by atoms with Crippen molar-refractivity contribution < 1.29 is 4.79 Å². The summed E-state index contributed by atoms with van der Waals surface area (Å²) in [6.45, 7) is 10.6. The van der Waals surface area contributed by atoms with Gasteiger partial charge in [-0.25, -0.2) is 9.97 Å². The van der Waals surface area contributed by atoms with E-state index in [1.807, 2.05) is 0 Å². The molecule has 0 aromatic carbocycles. The Hall–Kier alpha value is -1.73. The van der Waals surface area contributed by atoms with Crippen LogP contribution < -0.4 is 16.0 Å². The van der Waals surface area contributed by atoms with E-state index in [2.05, 4.69) is 47.9 Å². The van der Waals surface area contributed by atoms with Crippen LogP contribution in [0.1, 0.15) is 50.0 Å². The Labute approximate surface area is 165 Å². The van der Waals surface area contributed by atoms with E-state index >= 15 is 0 Å². The summed E-state index contributed by atoms with van der Waals surface area (Å²) < 4.78 is 0. The predicted octanol–water partition coefficient (Wildman–Crippen LogP) is 3.16. The summed E-state index contributed by atoms with van der Waals surface area (Å²) in [6.07, 6.45) is 5.06. The number of carbonyl (C=O) groups is 1. The summed E-state index contributed by atoms with van der Waals surface area (Å²) in [6, 6.07) is 0. The van der Waals surface area contributed by atoms with Crippen LogP contribution >= 0.6 is 11.3 Å². The van der Waals surface area contributed by atoms with Crippen LogP contribution in [0.25, 0.3) is 10.2 Å². The number of aromatic nitrogens is 2. The van der Waals surface area contributed by atoms with Gasteiger partial charge in [0.15, 0.2) is 0 Å². The zero-order chi connectivity index (χ0) is 19.6. The topological polar surface area (TPSA) is 84.1 Å². The van der Waals surface area contributed by atoms with E-state index in [4.69, 9.17) is 5.73 Å². The molecule has 0 atom stereocenters.